The van der Waals surface area contributed by atoms with Crippen LogP contribution in [0.2, 0.25) is 0 Å². The maximum atomic E-state index is 13.5. The standard InChI is InChI=1S/C17H17FN2O/c1-11-7-12(18)9-13(8-11)19-15-10-17(21)20(2)16-6-4-3-5-14(15)16/h3-9,15,19H,10H2,1-2H3. The van der Waals surface area contributed by atoms with E-state index < -0.39 is 0 Å². The van der Waals surface area contributed by atoms with Gasteiger partial charge in [-0.05, 0) is 42.3 Å². The third-order valence-electron chi connectivity index (χ3n) is 3.81. The van der Waals surface area contributed by atoms with Gasteiger partial charge in [-0.15, -0.1) is 0 Å². The topological polar surface area (TPSA) is 32.3 Å². The van der Waals surface area contributed by atoms with Crippen LogP contribution in [0.15, 0.2) is 42.5 Å². The lowest BCUT2D eigenvalue weighted by Crippen LogP contribution is -2.35. The van der Waals surface area contributed by atoms with Crippen LogP contribution < -0.4 is 10.2 Å². The molecular formula is C17H17FN2O. The Bertz CT molecular complexity index is 679. The number of halogens is 1. The zero-order valence-corrected chi connectivity index (χ0v) is 12.1. The fourth-order valence-electron chi connectivity index (χ4n) is 2.79. The summed E-state index contributed by atoms with van der Waals surface area (Å²) in [6.07, 6.45) is 0.364. The fraction of sp³-hybridized carbons (Fsp3) is 0.235. The molecule has 3 nitrogen and oxygen atoms in total. The molecule has 2 aromatic rings. The Morgan fingerprint density at radius 2 is 2.00 bits per heavy atom. The zero-order valence-electron chi connectivity index (χ0n) is 12.1. The molecule has 0 aliphatic carbocycles. The predicted molar refractivity (Wildman–Crippen MR) is 82.0 cm³/mol. The van der Waals surface area contributed by atoms with Gasteiger partial charge in [0, 0.05) is 18.4 Å². The van der Waals surface area contributed by atoms with Crippen molar-refractivity contribution in [1.82, 2.24) is 0 Å². The van der Waals surface area contributed by atoms with Gasteiger partial charge in [-0.3, -0.25) is 4.79 Å². The molecule has 0 saturated heterocycles. The molecule has 1 amide bonds. The third-order valence-corrected chi connectivity index (χ3v) is 3.81. The summed E-state index contributed by atoms with van der Waals surface area (Å²) in [5.74, 6) is -0.218. The van der Waals surface area contributed by atoms with Crippen LogP contribution in [-0.2, 0) is 4.79 Å². The van der Waals surface area contributed by atoms with Gasteiger partial charge >= 0.3 is 0 Å². The molecule has 1 N–H and O–H groups in total. The molecule has 1 heterocycles. The zero-order chi connectivity index (χ0) is 15.0. The molecule has 2 aromatic carbocycles. The quantitative estimate of drug-likeness (QED) is 0.913. The van der Waals surface area contributed by atoms with E-state index in [1.54, 1.807) is 11.9 Å². The van der Waals surface area contributed by atoms with Crippen LogP contribution >= 0.6 is 0 Å². The number of fused-ring (bicyclic) bond motifs is 1. The van der Waals surface area contributed by atoms with E-state index in [1.807, 2.05) is 37.3 Å². The first-order chi connectivity index (χ1) is 10.0. The van der Waals surface area contributed by atoms with Gasteiger partial charge in [-0.2, -0.15) is 0 Å². The second-order valence-electron chi connectivity index (χ2n) is 5.43. The van der Waals surface area contributed by atoms with E-state index in [2.05, 4.69) is 5.32 Å². The van der Waals surface area contributed by atoms with E-state index in [9.17, 15) is 9.18 Å². The van der Waals surface area contributed by atoms with Crippen LogP contribution in [0, 0.1) is 12.7 Å². The Morgan fingerprint density at radius 1 is 1.24 bits per heavy atom. The second-order valence-corrected chi connectivity index (χ2v) is 5.43. The number of aryl methyl sites for hydroxylation is 1. The van der Waals surface area contributed by atoms with E-state index in [-0.39, 0.29) is 17.8 Å². The molecule has 21 heavy (non-hydrogen) atoms. The number of carbonyl (C=O) groups is 1. The fourth-order valence-corrected chi connectivity index (χ4v) is 2.79. The van der Waals surface area contributed by atoms with Crippen LogP contribution in [-0.4, -0.2) is 13.0 Å². The van der Waals surface area contributed by atoms with Crippen LogP contribution in [0.25, 0.3) is 0 Å². The minimum absolute atomic E-state index is 0.0549. The van der Waals surface area contributed by atoms with Crippen molar-refractivity contribution in [2.45, 2.75) is 19.4 Å². The van der Waals surface area contributed by atoms with Gasteiger partial charge in [0.15, 0.2) is 0 Å². The molecule has 0 fully saturated rings. The van der Waals surface area contributed by atoms with Crippen molar-refractivity contribution in [3.63, 3.8) is 0 Å². The van der Waals surface area contributed by atoms with Gasteiger partial charge in [0.25, 0.3) is 0 Å². The van der Waals surface area contributed by atoms with Crippen molar-refractivity contribution >= 4 is 17.3 Å². The largest absolute Gasteiger partial charge is 0.378 e. The van der Waals surface area contributed by atoms with E-state index in [0.29, 0.717) is 12.1 Å². The molecule has 4 heteroatoms. The van der Waals surface area contributed by atoms with Crippen molar-refractivity contribution in [2.75, 3.05) is 17.3 Å². The van der Waals surface area contributed by atoms with Crippen LogP contribution in [0.3, 0.4) is 0 Å². The molecule has 108 valence electrons. The lowest BCUT2D eigenvalue weighted by atomic mass is 9.96. The maximum Gasteiger partial charge on any atom is 0.229 e. The number of para-hydroxylation sites is 1. The Balaban J connectivity index is 1.95. The maximum absolute atomic E-state index is 13.5. The van der Waals surface area contributed by atoms with Gasteiger partial charge in [-0.1, -0.05) is 18.2 Å². The van der Waals surface area contributed by atoms with E-state index >= 15 is 0 Å². The van der Waals surface area contributed by atoms with Gasteiger partial charge in [-0.25, -0.2) is 4.39 Å². The number of rotatable bonds is 2. The number of nitrogens with one attached hydrogen (secondary N) is 1. The first-order valence-corrected chi connectivity index (χ1v) is 6.94. The monoisotopic (exact) mass is 284 g/mol. The van der Waals surface area contributed by atoms with Crippen molar-refractivity contribution in [3.8, 4) is 0 Å². The molecular weight excluding hydrogens is 267 g/mol. The lowest BCUT2D eigenvalue weighted by Gasteiger charge is -2.32. The first-order valence-electron chi connectivity index (χ1n) is 6.94. The van der Waals surface area contributed by atoms with E-state index in [0.717, 1.165) is 16.8 Å². The van der Waals surface area contributed by atoms with Gasteiger partial charge in [0.2, 0.25) is 5.91 Å². The van der Waals surface area contributed by atoms with Crippen LogP contribution in [0.1, 0.15) is 23.6 Å². The molecule has 0 aromatic heterocycles. The highest BCUT2D eigenvalue weighted by atomic mass is 19.1. The third kappa shape index (κ3) is 2.61. The Labute approximate surface area is 123 Å². The van der Waals surface area contributed by atoms with Crippen molar-refractivity contribution in [2.24, 2.45) is 0 Å². The summed E-state index contributed by atoms with van der Waals surface area (Å²) < 4.78 is 13.5. The SMILES string of the molecule is Cc1cc(F)cc(NC2CC(=O)N(C)c3ccccc32)c1. The minimum atomic E-state index is -0.273. The average Bonchev–Trinajstić information content (AvgIpc) is 2.43. The summed E-state index contributed by atoms with van der Waals surface area (Å²) in [7, 11) is 1.78. The smallest absolute Gasteiger partial charge is 0.229 e. The van der Waals surface area contributed by atoms with Gasteiger partial charge in [0.05, 0.1) is 12.5 Å². The number of hydrogen-bond acceptors (Lipinski definition) is 2. The number of benzene rings is 2. The number of carbonyl (C=O) groups excluding carboxylic acids is 1. The summed E-state index contributed by atoms with van der Waals surface area (Å²) in [4.78, 5) is 13.8. The highest BCUT2D eigenvalue weighted by molar-refractivity contribution is 5.97. The van der Waals surface area contributed by atoms with Gasteiger partial charge in [0.1, 0.15) is 5.82 Å². The van der Waals surface area contributed by atoms with Gasteiger partial charge < -0.3 is 10.2 Å². The number of anilines is 2. The second kappa shape index (κ2) is 5.20. The van der Waals surface area contributed by atoms with Crippen LogP contribution in [0.4, 0.5) is 15.8 Å². The molecule has 0 radical (unpaired) electrons. The Hall–Kier alpha value is -2.36. The van der Waals surface area contributed by atoms with Crippen molar-refractivity contribution in [1.29, 1.82) is 0 Å². The molecule has 3 rings (SSSR count). The molecule has 0 saturated carbocycles. The van der Waals surface area contributed by atoms with Crippen molar-refractivity contribution < 1.29 is 9.18 Å². The molecule has 1 atom stereocenters. The summed E-state index contributed by atoms with van der Waals surface area (Å²) in [5, 5.41) is 3.28. The predicted octanol–water partition coefficient (Wildman–Crippen LogP) is 3.65. The number of hydrogen-bond donors (Lipinski definition) is 1. The molecule has 1 aliphatic rings. The molecule has 1 aliphatic heterocycles. The highest BCUT2D eigenvalue weighted by Crippen LogP contribution is 2.35. The van der Waals surface area contributed by atoms with Crippen molar-refractivity contribution in [3.05, 3.63) is 59.4 Å². The molecule has 1 unspecified atom stereocenters. The number of amides is 1. The Morgan fingerprint density at radius 3 is 2.76 bits per heavy atom. The summed E-state index contributed by atoms with van der Waals surface area (Å²) in [6, 6.07) is 12.5. The first kappa shape index (κ1) is 13.6. The normalized spacial score (nSPS) is 17.6. The summed E-state index contributed by atoms with van der Waals surface area (Å²) in [6.45, 7) is 1.85. The van der Waals surface area contributed by atoms with E-state index in [1.165, 1.54) is 12.1 Å². The summed E-state index contributed by atoms with van der Waals surface area (Å²) >= 11 is 0. The Kier molecular flexibility index (Phi) is 3.37. The number of nitrogens with zero attached hydrogens (tertiary/aromatic N) is 1. The molecule has 0 spiro atoms. The average molecular weight is 284 g/mol. The summed E-state index contributed by atoms with van der Waals surface area (Å²) in [5.41, 5.74) is 3.51. The highest BCUT2D eigenvalue weighted by Gasteiger charge is 2.28. The van der Waals surface area contributed by atoms with Crippen LogP contribution in [0.5, 0.6) is 0 Å². The molecule has 0 bridgehead atoms. The lowest BCUT2D eigenvalue weighted by molar-refractivity contribution is -0.118. The minimum Gasteiger partial charge on any atom is -0.378 e. The van der Waals surface area contributed by atoms with E-state index in [4.69, 9.17) is 0 Å².